The van der Waals surface area contributed by atoms with Crippen LogP contribution in [0.4, 0.5) is 0 Å². The lowest BCUT2D eigenvalue weighted by Gasteiger charge is -2.08. The van der Waals surface area contributed by atoms with E-state index in [1.807, 2.05) is 18.2 Å². The molecular formula is C7H7Cl2O4P. The molecule has 0 atom stereocenters. The third-order valence-electron chi connectivity index (χ3n) is 1.40. The van der Waals surface area contributed by atoms with Crippen LogP contribution in [-0.4, -0.2) is 0 Å². The molecule has 0 spiro atoms. The maximum absolute atomic E-state index is 11.2. The van der Waals surface area contributed by atoms with Gasteiger partial charge in [0.05, 0.1) is 30.3 Å². The van der Waals surface area contributed by atoms with Gasteiger partial charge in [0, 0.05) is 0 Å². The van der Waals surface area contributed by atoms with Crippen LogP contribution in [0.25, 0.3) is 0 Å². The fraction of sp³-hybridized carbons (Fsp3) is 0.143. The Morgan fingerprint density at radius 2 is 1.71 bits per heavy atom. The van der Waals surface area contributed by atoms with Gasteiger partial charge in [0.2, 0.25) is 0 Å². The Hall–Kier alpha value is -0.0900. The lowest BCUT2D eigenvalue weighted by molar-refractivity contribution is 0.211. The second-order valence-electron chi connectivity index (χ2n) is 2.34. The van der Waals surface area contributed by atoms with Gasteiger partial charge in [0.25, 0.3) is 0 Å². The molecule has 0 N–H and O–H groups in total. The normalized spacial score (nSPS) is 11.6. The lowest BCUT2D eigenvalue weighted by atomic mass is 10.2. The molecule has 0 aliphatic rings. The number of phosphoric acid groups is 1. The molecule has 1 rings (SSSR count). The maximum Gasteiger partial charge on any atom is 0.508 e. The average Bonchev–Trinajstić information content (AvgIpc) is 2.27. The summed E-state index contributed by atoms with van der Waals surface area (Å²) in [6.45, 7) is 0.0392. The standard InChI is InChI=1S/C7H7Cl2O4P/c8-12-14(10,13-9)11-6-7-4-2-1-3-5-7/h1-5H,6H2. The van der Waals surface area contributed by atoms with Crippen molar-refractivity contribution in [2.45, 2.75) is 6.61 Å². The van der Waals surface area contributed by atoms with E-state index in [4.69, 9.17) is 28.3 Å². The van der Waals surface area contributed by atoms with Crippen molar-refractivity contribution in [3.8, 4) is 0 Å². The number of hydrogen-bond donors (Lipinski definition) is 0. The van der Waals surface area contributed by atoms with Crippen molar-refractivity contribution in [1.29, 1.82) is 0 Å². The molecular weight excluding hydrogens is 250 g/mol. The Morgan fingerprint density at radius 1 is 1.14 bits per heavy atom. The summed E-state index contributed by atoms with van der Waals surface area (Å²) >= 11 is 9.76. The van der Waals surface area contributed by atoms with E-state index in [0.717, 1.165) is 5.56 Å². The summed E-state index contributed by atoms with van der Waals surface area (Å²) in [5.41, 5.74) is 0.801. The van der Waals surface area contributed by atoms with Crippen molar-refractivity contribution in [2.24, 2.45) is 0 Å². The molecule has 14 heavy (non-hydrogen) atoms. The van der Waals surface area contributed by atoms with E-state index in [1.165, 1.54) is 0 Å². The minimum Gasteiger partial charge on any atom is -0.280 e. The molecule has 7 heteroatoms. The first kappa shape index (κ1) is 12.0. The van der Waals surface area contributed by atoms with E-state index in [0.29, 0.717) is 0 Å². The highest BCUT2D eigenvalue weighted by atomic mass is 35.5. The third kappa shape index (κ3) is 3.58. The molecule has 78 valence electrons. The maximum atomic E-state index is 11.2. The Labute approximate surface area is 91.6 Å². The second kappa shape index (κ2) is 5.71. The van der Waals surface area contributed by atoms with Gasteiger partial charge in [-0.3, -0.25) is 4.52 Å². The van der Waals surface area contributed by atoms with Crippen LogP contribution in [0.1, 0.15) is 5.56 Å². The summed E-state index contributed by atoms with van der Waals surface area (Å²) in [5, 5.41) is 0. The zero-order valence-electron chi connectivity index (χ0n) is 6.93. The van der Waals surface area contributed by atoms with E-state index >= 15 is 0 Å². The van der Waals surface area contributed by atoms with Crippen LogP contribution in [0.15, 0.2) is 30.3 Å². The Morgan fingerprint density at radius 3 is 2.21 bits per heavy atom. The summed E-state index contributed by atoms with van der Waals surface area (Å²) in [5.74, 6) is 0. The molecule has 0 bridgehead atoms. The van der Waals surface area contributed by atoms with Gasteiger partial charge in [0.15, 0.2) is 0 Å². The lowest BCUT2D eigenvalue weighted by Crippen LogP contribution is -1.91. The van der Waals surface area contributed by atoms with E-state index < -0.39 is 7.82 Å². The quantitative estimate of drug-likeness (QED) is 0.755. The van der Waals surface area contributed by atoms with Crippen LogP contribution in [0.2, 0.25) is 0 Å². The summed E-state index contributed by atoms with van der Waals surface area (Å²) in [7, 11) is -3.82. The van der Waals surface area contributed by atoms with Crippen molar-refractivity contribution < 1.29 is 17.2 Å². The molecule has 0 aliphatic heterocycles. The molecule has 1 aromatic rings. The topological polar surface area (TPSA) is 44.8 Å². The van der Waals surface area contributed by atoms with Gasteiger partial charge >= 0.3 is 7.82 Å². The molecule has 0 saturated carbocycles. The highest BCUT2D eigenvalue weighted by Crippen LogP contribution is 2.52. The number of benzene rings is 1. The van der Waals surface area contributed by atoms with Crippen molar-refractivity contribution in [2.75, 3.05) is 0 Å². The molecule has 0 heterocycles. The van der Waals surface area contributed by atoms with Crippen LogP contribution in [0, 0.1) is 0 Å². The van der Waals surface area contributed by atoms with Crippen molar-refractivity contribution in [1.82, 2.24) is 0 Å². The van der Waals surface area contributed by atoms with Gasteiger partial charge in [-0.15, -0.1) is 0 Å². The molecule has 0 unspecified atom stereocenters. The van der Waals surface area contributed by atoms with Crippen LogP contribution >= 0.6 is 31.6 Å². The number of hydrogen-bond acceptors (Lipinski definition) is 4. The largest absolute Gasteiger partial charge is 0.508 e. The molecule has 0 amide bonds. The van der Waals surface area contributed by atoms with Crippen molar-refractivity contribution in [3.63, 3.8) is 0 Å². The van der Waals surface area contributed by atoms with Crippen LogP contribution in [0.5, 0.6) is 0 Å². The van der Waals surface area contributed by atoms with E-state index in [2.05, 4.69) is 8.15 Å². The average molecular weight is 257 g/mol. The third-order valence-corrected chi connectivity index (χ3v) is 3.20. The number of halogens is 2. The highest BCUT2D eigenvalue weighted by molar-refractivity contribution is 7.50. The van der Waals surface area contributed by atoms with Gasteiger partial charge in [-0.1, -0.05) is 30.3 Å². The van der Waals surface area contributed by atoms with Gasteiger partial charge in [-0.25, -0.2) is 4.57 Å². The van der Waals surface area contributed by atoms with Crippen molar-refractivity contribution in [3.05, 3.63) is 35.9 Å². The van der Waals surface area contributed by atoms with Gasteiger partial charge in [-0.05, 0) is 5.56 Å². The molecule has 0 aromatic heterocycles. The Balaban J connectivity index is 2.52. The first-order chi connectivity index (χ1) is 6.70. The molecule has 0 fully saturated rings. The second-order valence-corrected chi connectivity index (χ2v) is 4.60. The Kier molecular flexibility index (Phi) is 4.89. The zero-order valence-corrected chi connectivity index (χ0v) is 9.34. The molecule has 0 saturated heterocycles. The number of rotatable bonds is 5. The fourth-order valence-corrected chi connectivity index (χ4v) is 1.68. The summed E-state index contributed by atoms with van der Waals surface area (Å²) in [4.78, 5) is 0. The van der Waals surface area contributed by atoms with Crippen molar-refractivity contribution >= 4 is 31.6 Å². The van der Waals surface area contributed by atoms with Crippen LogP contribution in [0.3, 0.4) is 0 Å². The van der Waals surface area contributed by atoms with E-state index in [-0.39, 0.29) is 6.61 Å². The van der Waals surface area contributed by atoms with Crippen LogP contribution < -0.4 is 0 Å². The summed E-state index contributed by atoms with van der Waals surface area (Å²) < 4.78 is 23.9. The van der Waals surface area contributed by atoms with Gasteiger partial charge < -0.3 is 0 Å². The minimum absolute atomic E-state index is 0.0392. The van der Waals surface area contributed by atoms with Gasteiger partial charge in [0.1, 0.15) is 0 Å². The fourth-order valence-electron chi connectivity index (χ4n) is 0.778. The predicted molar refractivity (Wildman–Crippen MR) is 52.7 cm³/mol. The summed E-state index contributed by atoms with van der Waals surface area (Å²) in [6, 6.07) is 9.04. The molecule has 4 nitrogen and oxygen atoms in total. The molecule has 0 aliphatic carbocycles. The predicted octanol–water partition coefficient (Wildman–Crippen LogP) is 3.65. The first-order valence-electron chi connectivity index (χ1n) is 3.59. The first-order valence-corrected chi connectivity index (χ1v) is 5.67. The van der Waals surface area contributed by atoms with E-state index in [1.54, 1.807) is 12.1 Å². The van der Waals surface area contributed by atoms with E-state index in [9.17, 15) is 4.57 Å². The monoisotopic (exact) mass is 256 g/mol. The Bertz CT molecular complexity index is 311. The van der Waals surface area contributed by atoms with Gasteiger partial charge in [-0.2, -0.15) is 8.15 Å². The molecule has 1 aromatic carbocycles. The smallest absolute Gasteiger partial charge is 0.280 e. The summed E-state index contributed by atoms with van der Waals surface area (Å²) in [6.07, 6.45) is 0. The van der Waals surface area contributed by atoms with Crippen LogP contribution in [-0.2, 0) is 23.8 Å². The highest BCUT2D eigenvalue weighted by Gasteiger charge is 2.26. The molecule has 0 radical (unpaired) electrons. The minimum atomic E-state index is -3.82. The zero-order chi connectivity index (χ0) is 10.4. The SMILES string of the molecule is O=P(OCl)(OCl)OCc1ccccc1.